The Morgan fingerprint density at radius 3 is 2.17 bits per heavy atom. The SMILES string of the molecule is O=C(N[C@H](Cc1cccc(OCc2ccccc2)c1)C(=O)O)[C@@H](O)c1ccccc1. The molecule has 0 unspecified atom stereocenters. The van der Waals surface area contributed by atoms with Crippen LogP contribution in [-0.2, 0) is 22.6 Å². The van der Waals surface area contributed by atoms with Crippen molar-refractivity contribution >= 4 is 11.9 Å². The van der Waals surface area contributed by atoms with Gasteiger partial charge in [0.25, 0.3) is 5.91 Å². The summed E-state index contributed by atoms with van der Waals surface area (Å²) in [6, 6.07) is 24.0. The fraction of sp³-hybridized carbons (Fsp3) is 0.167. The fourth-order valence-electron chi connectivity index (χ4n) is 2.98. The number of aliphatic hydroxyl groups is 1. The molecule has 0 spiro atoms. The predicted molar refractivity (Wildman–Crippen MR) is 112 cm³/mol. The molecule has 1 amide bonds. The molecule has 154 valence electrons. The first kappa shape index (κ1) is 21.1. The van der Waals surface area contributed by atoms with Gasteiger partial charge in [-0.1, -0.05) is 72.8 Å². The summed E-state index contributed by atoms with van der Waals surface area (Å²) in [5, 5.41) is 22.1. The van der Waals surface area contributed by atoms with Gasteiger partial charge in [-0.3, -0.25) is 4.79 Å². The Morgan fingerprint density at radius 1 is 0.867 bits per heavy atom. The highest BCUT2D eigenvalue weighted by atomic mass is 16.5. The number of carboxylic acids is 1. The van der Waals surface area contributed by atoms with Gasteiger partial charge in [-0.15, -0.1) is 0 Å². The minimum atomic E-state index is -1.44. The number of aliphatic hydroxyl groups excluding tert-OH is 1. The van der Waals surface area contributed by atoms with Crippen LogP contribution in [0.2, 0.25) is 0 Å². The van der Waals surface area contributed by atoms with Gasteiger partial charge in [0.1, 0.15) is 18.4 Å². The van der Waals surface area contributed by atoms with Crippen LogP contribution in [-0.4, -0.2) is 28.1 Å². The van der Waals surface area contributed by atoms with E-state index >= 15 is 0 Å². The maximum absolute atomic E-state index is 12.3. The number of nitrogens with one attached hydrogen (secondary N) is 1. The van der Waals surface area contributed by atoms with Crippen molar-refractivity contribution in [1.82, 2.24) is 5.32 Å². The number of rotatable bonds is 9. The van der Waals surface area contributed by atoms with Gasteiger partial charge in [0, 0.05) is 6.42 Å². The molecule has 3 aromatic rings. The topological polar surface area (TPSA) is 95.9 Å². The number of hydrogen-bond donors (Lipinski definition) is 3. The number of carbonyl (C=O) groups is 2. The molecule has 3 N–H and O–H groups in total. The molecule has 0 aliphatic heterocycles. The van der Waals surface area contributed by atoms with Gasteiger partial charge in [0.05, 0.1) is 0 Å². The number of amides is 1. The van der Waals surface area contributed by atoms with Crippen LogP contribution in [0.5, 0.6) is 5.75 Å². The Bertz CT molecular complexity index is 975. The normalized spacial score (nSPS) is 12.6. The summed E-state index contributed by atoms with van der Waals surface area (Å²) in [6.45, 7) is 0.395. The molecule has 0 saturated heterocycles. The number of carboxylic acid groups (broad SMARTS) is 1. The van der Waals surface area contributed by atoms with Crippen LogP contribution >= 0.6 is 0 Å². The van der Waals surface area contributed by atoms with Crippen molar-refractivity contribution < 1.29 is 24.5 Å². The first-order valence-electron chi connectivity index (χ1n) is 9.55. The van der Waals surface area contributed by atoms with E-state index in [0.29, 0.717) is 23.5 Å². The second-order valence-electron chi connectivity index (χ2n) is 6.84. The Balaban J connectivity index is 1.63. The van der Waals surface area contributed by atoms with Gasteiger partial charge in [-0.25, -0.2) is 4.79 Å². The lowest BCUT2D eigenvalue weighted by Gasteiger charge is -2.18. The molecule has 0 saturated carbocycles. The van der Waals surface area contributed by atoms with Crippen molar-refractivity contribution in [2.75, 3.05) is 0 Å². The summed E-state index contributed by atoms with van der Waals surface area (Å²) >= 11 is 0. The van der Waals surface area contributed by atoms with Crippen LogP contribution in [0.3, 0.4) is 0 Å². The van der Waals surface area contributed by atoms with Gasteiger partial charge in [0.2, 0.25) is 0 Å². The molecular weight excluding hydrogens is 382 g/mol. The standard InChI is InChI=1S/C24H23NO5/c26-22(19-11-5-2-6-12-19)23(27)25-21(24(28)29)15-18-10-7-13-20(14-18)30-16-17-8-3-1-4-9-17/h1-14,21-22,26H,15-16H2,(H,25,27)(H,28,29)/t21-,22+/m1/s1. The monoisotopic (exact) mass is 405 g/mol. The minimum absolute atomic E-state index is 0.0606. The van der Waals surface area contributed by atoms with Crippen molar-refractivity contribution in [2.24, 2.45) is 0 Å². The van der Waals surface area contributed by atoms with E-state index in [1.165, 1.54) is 0 Å². The first-order chi connectivity index (χ1) is 14.5. The summed E-state index contributed by atoms with van der Waals surface area (Å²) in [5.41, 5.74) is 2.12. The Hall–Kier alpha value is -3.64. The van der Waals surface area contributed by atoms with E-state index in [2.05, 4.69) is 5.32 Å². The van der Waals surface area contributed by atoms with Crippen LogP contribution < -0.4 is 10.1 Å². The van der Waals surface area contributed by atoms with E-state index < -0.39 is 24.0 Å². The predicted octanol–water partition coefficient (Wildman–Crippen LogP) is 3.11. The smallest absolute Gasteiger partial charge is 0.326 e. The molecule has 30 heavy (non-hydrogen) atoms. The van der Waals surface area contributed by atoms with Gasteiger partial charge in [-0.2, -0.15) is 0 Å². The second-order valence-corrected chi connectivity index (χ2v) is 6.84. The first-order valence-corrected chi connectivity index (χ1v) is 9.55. The van der Waals surface area contributed by atoms with E-state index in [1.54, 1.807) is 54.6 Å². The number of benzene rings is 3. The van der Waals surface area contributed by atoms with Gasteiger partial charge in [0.15, 0.2) is 6.10 Å². The maximum atomic E-state index is 12.3. The van der Waals surface area contributed by atoms with E-state index in [9.17, 15) is 19.8 Å². The molecule has 0 bridgehead atoms. The molecular formula is C24H23NO5. The Labute approximate surface area is 174 Å². The Kier molecular flexibility index (Phi) is 7.19. The lowest BCUT2D eigenvalue weighted by Crippen LogP contribution is -2.44. The van der Waals surface area contributed by atoms with Crippen LogP contribution in [0.1, 0.15) is 22.8 Å². The number of carbonyl (C=O) groups excluding carboxylic acids is 1. The number of hydrogen-bond acceptors (Lipinski definition) is 4. The van der Waals surface area contributed by atoms with Crippen molar-refractivity contribution in [1.29, 1.82) is 0 Å². The number of aliphatic carboxylic acids is 1. The van der Waals surface area contributed by atoms with Crippen molar-refractivity contribution in [2.45, 2.75) is 25.2 Å². The molecule has 0 heterocycles. The largest absolute Gasteiger partial charge is 0.489 e. The van der Waals surface area contributed by atoms with Crippen molar-refractivity contribution in [3.8, 4) is 5.75 Å². The number of ether oxygens (including phenoxy) is 1. The van der Waals surface area contributed by atoms with E-state index in [-0.39, 0.29) is 6.42 Å². The molecule has 6 heteroatoms. The van der Waals surface area contributed by atoms with E-state index in [0.717, 1.165) is 5.56 Å². The zero-order chi connectivity index (χ0) is 21.3. The highest BCUT2D eigenvalue weighted by Crippen LogP contribution is 2.17. The van der Waals surface area contributed by atoms with Crippen LogP contribution in [0.25, 0.3) is 0 Å². The zero-order valence-electron chi connectivity index (χ0n) is 16.3. The molecule has 2 atom stereocenters. The fourth-order valence-corrected chi connectivity index (χ4v) is 2.98. The average molecular weight is 405 g/mol. The maximum Gasteiger partial charge on any atom is 0.326 e. The highest BCUT2D eigenvalue weighted by Gasteiger charge is 2.25. The summed E-state index contributed by atoms with van der Waals surface area (Å²) in [6.07, 6.45) is -1.38. The van der Waals surface area contributed by atoms with Crippen molar-refractivity contribution in [3.63, 3.8) is 0 Å². The van der Waals surface area contributed by atoms with E-state index in [1.807, 2.05) is 30.3 Å². The molecule has 0 aliphatic rings. The van der Waals surface area contributed by atoms with Crippen LogP contribution in [0.15, 0.2) is 84.9 Å². The van der Waals surface area contributed by atoms with Crippen LogP contribution in [0.4, 0.5) is 0 Å². The lowest BCUT2D eigenvalue weighted by atomic mass is 10.0. The molecule has 6 nitrogen and oxygen atoms in total. The molecule has 0 aliphatic carbocycles. The van der Waals surface area contributed by atoms with Gasteiger partial charge in [-0.05, 0) is 28.8 Å². The quantitative estimate of drug-likeness (QED) is 0.508. The Morgan fingerprint density at radius 2 is 1.50 bits per heavy atom. The van der Waals surface area contributed by atoms with Crippen molar-refractivity contribution in [3.05, 3.63) is 102 Å². The average Bonchev–Trinajstić information content (AvgIpc) is 2.78. The van der Waals surface area contributed by atoms with Gasteiger partial charge < -0.3 is 20.3 Å². The molecule has 0 fully saturated rings. The third-order valence-corrected chi connectivity index (χ3v) is 4.56. The van der Waals surface area contributed by atoms with Gasteiger partial charge >= 0.3 is 5.97 Å². The third-order valence-electron chi connectivity index (χ3n) is 4.56. The molecule has 3 rings (SSSR count). The highest BCUT2D eigenvalue weighted by molar-refractivity contribution is 5.87. The van der Waals surface area contributed by atoms with E-state index in [4.69, 9.17) is 4.74 Å². The summed E-state index contributed by atoms with van der Waals surface area (Å²) in [5.74, 6) is -1.33. The third kappa shape index (κ3) is 5.93. The lowest BCUT2D eigenvalue weighted by molar-refractivity contribution is -0.143. The summed E-state index contributed by atoms with van der Waals surface area (Å²) < 4.78 is 5.78. The van der Waals surface area contributed by atoms with Crippen LogP contribution in [0, 0.1) is 0 Å². The second kappa shape index (κ2) is 10.2. The summed E-state index contributed by atoms with van der Waals surface area (Å²) in [4.78, 5) is 24.0. The molecule has 3 aromatic carbocycles. The summed E-state index contributed by atoms with van der Waals surface area (Å²) in [7, 11) is 0. The molecule has 0 radical (unpaired) electrons. The molecule has 0 aromatic heterocycles. The zero-order valence-corrected chi connectivity index (χ0v) is 16.3. The minimum Gasteiger partial charge on any atom is -0.489 e.